The van der Waals surface area contributed by atoms with Crippen LogP contribution in [-0.4, -0.2) is 23.0 Å². The van der Waals surface area contributed by atoms with E-state index in [1.165, 1.54) is 25.7 Å². The summed E-state index contributed by atoms with van der Waals surface area (Å²) in [6.45, 7) is 0. The Kier molecular flexibility index (Phi) is 6.44. The molecule has 130 valence electrons. The molecule has 1 aliphatic carbocycles. The number of nitrogens with one attached hydrogen (secondary N) is 2. The first-order chi connectivity index (χ1) is 10.8. The Morgan fingerprint density at radius 2 is 1.96 bits per heavy atom. The molecule has 1 aliphatic heterocycles. The number of carbonyl (C=O) groups is 1. The predicted molar refractivity (Wildman–Crippen MR) is 102 cm³/mol. The van der Waals surface area contributed by atoms with E-state index in [-0.39, 0.29) is 36.8 Å². The van der Waals surface area contributed by atoms with Gasteiger partial charge in [-0.25, -0.2) is 0 Å². The van der Waals surface area contributed by atoms with Crippen molar-refractivity contribution in [2.24, 2.45) is 5.92 Å². The molecule has 0 bridgehead atoms. The van der Waals surface area contributed by atoms with Gasteiger partial charge in [-0.2, -0.15) is 0 Å². The molecule has 2 aromatic rings. The van der Waals surface area contributed by atoms with Crippen LogP contribution in [0, 0.1) is 5.92 Å². The standard InChI is InChI=1S/C18H21N3O.2ClH/c22-18(17-10-13-6-2-4-8-16(13)21-17)20-14-9-12-5-1-3-7-15(12)19-11-14;;/h1,3,5,7,9,11,13,16-17,21H,2,4,6,8,10H2,(H,20,22);2*1H. The van der Waals surface area contributed by atoms with Crippen molar-refractivity contribution in [2.75, 3.05) is 5.32 Å². The molecule has 2 heterocycles. The lowest BCUT2D eigenvalue weighted by Crippen LogP contribution is -2.39. The Hall–Kier alpha value is -1.36. The van der Waals surface area contributed by atoms with Crippen molar-refractivity contribution in [1.29, 1.82) is 0 Å². The highest BCUT2D eigenvalue weighted by Gasteiger charge is 2.38. The van der Waals surface area contributed by atoms with Gasteiger partial charge in [0.15, 0.2) is 0 Å². The second-order valence-electron chi connectivity index (χ2n) is 6.51. The molecule has 2 N–H and O–H groups in total. The van der Waals surface area contributed by atoms with Gasteiger partial charge in [0.1, 0.15) is 0 Å². The van der Waals surface area contributed by atoms with Crippen LogP contribution >= 0.6 is 24.8 Å². The molecule has 1 saturated heterocycles. The number of anilines is 1. The number of para-hydroxylation sites is 1. The molecule has 3 unspecified atom stereocenters. The van der Waals surface area contributed by atoms with E-state index in [2.05, 4.69) is 15.6 Å². The van der Waals surface area contributed by atoms with Crippen molar-refractivity contribution in [3.63, 3.8) is 0 Å². The molecule has 4 nitrogen and oxygen atoms in total. The van der Waals surface area contributed by atoms with E-state index in [9.17, 15) is 4.79 Å². The Morgan fingerprint density at radius 1 is 1.17 bits per heavy atom. The second-order valence-corrected chi connectivity index (χ2v) is 6.51. The molecule has 1 aromatic heterocycles. The van der Waals surface area contributed by atoms with Crippen LogP contribution in [0.3, 0.4) is 0 Å². The second kappa shape index (κ2) is 8.15. The number of hydrogen-bond acceptors (Lipinski definition) is 3. The third-order valence-electron chi connectivity index (χ3n) is 5.04. The number of carbonyl (C=O) groups excluding carboxylic acids is 1. The molecule has 24 heavy (non-hydrogen) atoms. The average Bonchev–Trinajstić information content (AvgIpc) is 2.99. The van der Waals surface area contributed by atoms with E-state index in [1.807, 2.05) is 30.3 Å². The first-order valence-corrected chi connectivity index (χ1v) is 8.21. The van der Waals surface area contributed by atoms with Gasteiger partial charge < -0.3 is 10.6 Å². The molecule has 1 saturated carbocycles. The van der Waals surface area contributed by atoms with Gasteiger partial charge in [0, 0.05) is 11.4 Å². The van der Waals surface area contributed by atoms with Crippen LogP contribution in [0.4, 0.5) is 5.69 Å². The quantitative estimate of drug-likeness (QED) is 0.844. The van der Waals surface area contributed by atoms with Gasteiger partial charge in [0.05, 0.1) is 23.4 Å². The molecule has 4 rings (SSSR count). The number of halogens is 2. The van der Waals surface area contributed by atoms with Crippen LogP contribution in [0.25, 0.3) is 10.9 Å². The lowest BCUT2D eigenvalue weighted by atomic mass is 9.85. The van der Waals surface area contributed by atoms with Crippen molar-refractivity contribution < 1.29 is 4.79 Å². The Labute approximate surface area is 154 Å². The van der Waals surface area contributed by atoms with Crippen molar-refractivity contribution in [3.05, 3.63) is 36.5 Å². The fraction of sp³-hybridized carbons (Fsp3) is 0.444. The Balaban J connectivity index is 0.00000104. The monoisotopic (exact) mass is 367 g/mol. The zero-order valence-corrected chi connectivity index (χ0v) is 15.0. The zero-order chi connectivity index (χ0) is 14.9. The van der Waals surface area contributed by atoms with Crippen molar-refractivity contribution in [1.82, 2.24) is 10.3 Å². The highest BCUT2D eigenvalue weighted by molar-refractivity contribution is 5.96. The number of pyridine rings is 1. The molecular weight excluding hydrogens is 345 g/mol. The van der Waals surface area contributed by atoms with E-state index < -0.39 is 0 Å². The summed E-state index contributed by atoms with van der Waals surface area (Å²) in [4.78, 5) is 16.9. The normalized spacial score (nSPS) is 25.2. The molecule has 1 aromatic carbocycles. The minimum absolute atomic E-state index is 0. The maximum atomic E-state index is 12.5. The van der Waals surface area contributed by atoms with Crippen molar-refractivity contribution >= 4 is 47.3 Å². The van der Waals surface area contributed by atoms with Crippen molar-refractivity contribution in [2.45, 2.75) is 44.2 Å². The highest BCUT2D eigenvalue weighted by Crippen LogP contribution is 2.33. The first kappa shape index (κ1) is 19.0. The zero-order valence-electron chi connectivity index (χ0n) is 13.4. The number of rotatable bonds is 2. The summed E-state index contributed by atoms with van der Waals surface area (Å²) in [6.07, 6.45) is 7.79. The summed E-state index contributed by atoms with van der Waals surface area (Å²) < 4.78 is 0. The van der Waals surface area contributed by atoms with Gasteiger partial charge in [-0.1, -0.05) is 31.0 Å². The van der Waals surface area contributed by atoms with Crippen molar-refractivity contribution in [3.8, 4) is 0 Å². The summed E-state index contributed by atoms with van der Waals surface area (Å²) in [5, 5.41) is 7.59. The number of benzene rings is 1. The van der Waals surface area contributed by atoms with E-state index in [4.69, 9.17) is 0 Å². The lowest BCUT2D eigenvalue weighted by molar-refractivity contribution is -0.117. The van der Waals surface area contributed by atoms with Crippen LogP contribution in [-0.2, 0) is 4.79 Å². The summed E-state index contributed by atoms with van der Waals surface area (Å²) in [6, 6.07) is 10.4. The minimum Gasteiger partial charge on any atom is -0.323 e. The summed E-state index contributed by atoms with van der Waals surface area (Å²) in [5.41, 5.74) is 1.73. The van der Waals surface area contributed by atoms with Gasteiger partial charge in [0.25, 0.3) is 0 Å². The Bertz CT molecular complexity index is 695. The summed E-state index contributed by atoms with van der Waals surface area (Å²) >= 11 is 0. The van der Waals surface area contributed by atoms with Crippen LogP contribution in [0.5, 0.6) is 0 Å². The number of nitrogens with zero attached hydrogens (tertiary/aromatic N) is 1. The Morgan fingerprint density at radius 3 is 2.79 bits per heavy atom. The maximum Gasteiger partial charge on any atom is 0.241 e. The molecule has 2 aliphatic rings. The molecule has 0 spiro atoms. The first-order valence-electron chi connectivity index (χ1n) is 8.21. The average molecular weight is 368 g/mol. The van der Waals surface area contributed by atoms with Gasteiger partial charge in [0.2, 0.25) is 5.91 Å². The molecule has 3 atom stereocenters. The topological polar surface area (TPSA) is 54.0 Å². The molecular formula is C18H23Cl2N3O. The minimum atomic E-state index is -0.0560. The van der Waals surface area contributed by atoms with E-state index >= 15 is 0 Å². The van der Waals surface area contributed by atoms with E-state index in [0.717, 1.165) is 23.0 Å². The maximum absolute atomic E-state index is 12.5. The SMILES string of the molecule is Cl.Cl.O=C(Nc1cnc2ccccc2c1)C1CC2CCCCC2N1. The van der Waals surface area contributed by atoms with Crippen LogP contribution in [0.15, 0.2) is 36.5 Å². The third-order valence-corrected chi connectivity index (χ3v) is 5.04. The summed E-state index contributed by atoms with van der Waals surface area (Å²) in [7, 11) is 0. The molecule has 6 heteroatoms. The molecule has 1 amide bonds. The van der Waals surface area contributed by atoms with E-state index in [0.29, 0.717) is 12.0 Å². The number of amides is 1. The number of hydrogen-bond donors (Lipinski definition) is 2. The van der Waals surface area contributed by atoms with Crippen LogP contribution in [0.1, 0.15) is 32.1 Å². The van der Waals surface area contributed by atoms with Gasteiger partial charge in [-0.3, -0.25) is 9.78 Å². The van der Waals surface area contributed by atoms with Gasteiger partial charge in [-0.15, -0.1) is 24.8 Å². The largest absolute Gasteiger partial charge is 0.323 e. The lowest BCUT2D eigenvalue weighted by Gasteiger charge is -2.24. The molecule has 2 fully saturated rings. The summed E-state index contributed by atoms with van der Waals surface area (Å²) in [5.74, 6) is 0.755. The fourth-order valence-corrected chi connectivity index (χ4v) is 3.89. The van der Waals surface area contributed by atoms with Gasteiger partial charge in [-0.05, 0) is 37.3 Å². The predicted octanol–water partition coefficient (Wildman–Crippen LogP) is 3.94. The van der Waals surface area contributed by atoms with Crippen LogP contribution < -0.4 is 10.6 Å². The highest BCUT2D eigenvalue weighted by atomic mass is 35.5. The van der Waals surface area contributed by atoms with Gasteiger partial charge >= 0.3 is 0 Å². The molecule has 0 radical (unpaired) electrons. The fourth-order valence-electron chi connectivity index (χ4n) is 3.89. The third kappa shape index (κ3) is 3.82. The van der Waals surface area contributed by atoms with Crippen LogP contribution in [0.2, 0.25) is 0 Å². The van der Waals surface area contributed by atoms with E-state index in [1.54, 1.807) is 6.20 Å². The number of fused-ring (bicyclic) bond motifs is 2. The number of aromatic nitrogens is 1. The smallest absolute Gasteiger partial charge is 0.241 e.